The Labute approximate surface area is 477 Å². The molecule has 4 aliphatic heterocycles. The van der Waals surface area contributed by atoms with E-state index in [1.807, 2.05) is 20.8 Å². The second-order valence-corrected chi connectivity index (χ2v) is 28.7. The average molecular weight is 1120 g/mol. The van der Waals surface area contributed by atoms with Crippen LogP contribution in [-0.2, 0) is 52.7 Å². The summed E-state index contributed by atoms with van der Waals surface area (Å²) in [4.78, 5) is 143. The lowest BCUT2D eigenvalue weighted by Crippen LogP contribution is -2.74. The molecule has 11 atom stereocenters. The summed E-state index contributed by atoms with van der Waals surface area (Å²) in [6, 6.07) is -1.64. The lowest BCUT2D eigenvalue weighted by atomic mass is 9.70. The number of piperidine rings is 2. The maximum absolute atomic E-state index is 14.6. The van der Waals surface area contributed by atoms with E-state index in [9.17, 15) is 47.9 Å². The van der Waals surface area contributed by atoms with E-state index < -0.39 is 77.1 Å². The molecule has 17 nitrogen and oxygen atoms in total. The Bertz CT molecular complexity index is 2280. The van der Waals surface area contributed by atoms with Crippen LogP contribution in [0.15, 0.2) is 0 Å². The number of amides is 4. The van der Waals surface area contributed by atoms with Gasteiger partial charge in [0.1, 0.15) is 11.6 Å². The second-order valence-electron chi connectivity index (χ2n) is 28.7. The number of hydrogen-bond donors (Lipinski definition) is 3. The summed E-state index contributed by atoms with van der Waals surface area (Å²) in [5.74, 6) is -5.97. The van der Waals surface area contributed by atoms with Gasteiger partial charge in [-0.25, -0.2) is 0 Å². The van der Waals surface area contributed by atoms with Crippen LogP contribution in [0.2, 0.25) is 0 Å². The van der Waals surface area contributed by atoms with Crippen LogP contribution in [0.4, 0.5) is 0 Å². The molecule has 4 amide bonds. The van der Waals surface area contributed by atoms with E-state index in [0.717, 1.165) is 103 Å². The monoisotopic (exact) mass is 1120 g/mol. The molecule has 0 spiro atoms. The number of Topliss-reactive ketones (excluding diaryl/α,β-unsaturated/α-hetero) is 6. The summed E-state index contributed by atoms with van der Waals surface area (Å²) in [6.45, 7) is 24.8. The number of quaternary nitrogens is 1. The summed E-state index contributed by atoms with van der Waals surface area (Å²) in [7, 11) is 0. The highest BCUT2D eigenvalue weighted by atomic mass is 16.3. The molecule has 0 radical (unpaired) electrons. The predicted molar refractivity (Wildman–Crippen MR) is 302 cm³/mol. The van der Waals surface area contributed by atoms with Gasteiger partial charge in [0, 0.05) is 68.4 Å². The van der Waals surface area contributed by atoms with Crippen molar-refractivity contribution in [1.82, 2.24) is 9.80 Å². The van der Waals surface area contributed by atoms with E-state index in [1.54, 1.807) is 9.80 Å². The highest BCUT2D eigenvalue weighted by Crippen LogP contribution is 2.66. The minimum absolute atomic E-state index is 0.00519. The van der Waals surface area contributed by atoms with Crippen molar-refractivity contribution < 1.29 is 63.6 Å². The van der Waals surface area contributed by atoms with E-state index >= 15 is 0 Å². The fourth-order valence-electron chi connectivity index (χ4n) is 14.6. The largest absolute Gasteiger partial charge is 0.554 e. The van der Waals surface area contributed by atoms with Gasteiger partial charge < -0.3 is 36.9 Å². The molecule has 452 valence electrons. The molecule has 2 aliphatic carbocycles. The molecule has 80 heavy (non-hydrogen) atoms. The Morgan fingerprint density at radius 1 is 0.613 bits per heavy atom. The van der Waals surface area contributed by atoms with Crippen molar-refractivity contribution in [3.8, 4) is 0 Å². The number of nitrogens with two attached hydrogens (primary N) is 2. The molecule has 2 saturated carbocycles. The van der Waals surface area contributed by atoms with Crippen LogP contribution in [0, 0.1) is 74.4 Å². The summed E-state index contributed by atoms with van der Waals surface area (Å²) in [5.41, 5.74) is 13.7. The standard InChI is InChI=1S/C36H58N2O6.C26H43N3O4.CH2O2/c1-22(39)25(34(2,3)4)19-24(40)20-26-33(44)38-21-27-29(36(27,7)8)30(38)28(41)18-23(31(42)32(37)43)16-14-12-10-9-11-13-15-17-35(26,5)6;1-25(2)13-11-9-7-5-6-8-10-12-16(21(31)23(28)32)14-18(30)20-19-17(26(19,3)4)15-29(20)24(33)22(25)27;2-1-3/h23,25-27,29-30H,9-21H2,1-8H3,(H2,37,43);16-17,19-20,22H,5-15,27H2,1-4H3,(H2,28,32);1H,(H,2,3)/t23-,25-,26-,27?,29+,30-;16-,17?,19+,20-,22-;/m11./s1. The average Bonchev–Trinajstić information content (AvgIpc) is 3.82. The lowest BCUT2D eigenvalue weighted by Gasteiger charge is -2.39. The first kappa shape index (κ1) is 67.8. The molecular weight excluding hydrogens is 1020 g/mol. The van der Waals surface area contributed by atoms with Gasteiger partial charge in [0.05, 0.1) is 18.0 Å². The minimum atomic E-state index is -1.02. The van der Waals surface area contributed by atoms with Gasteiger partial charge in [0.2, 0.25) is 17.5 Å². The van der Waals surface area contributed by atoms with Gasteiger partial charge in [-0.05, 0) is 77.9 Å². The third-order valence-corrected chi connectivity index (χ3v) is 20.4. The third-order valence-electron chi connectivity index (χ3n) is 20.4. The van der Waals surface area contributed by atoms with Gasteiger partial charge in [-0.2, -0.15) is 0 Å². The van der Waals surface area contributed by atoms with E-state index in [1.165, 1.54) is 6.92 Å². The molecule has 6 rings (SSSR count). The molecular formula is C63H103N5O12. The van der Waals surface area contributed by atoms with Crippen LogP contribution >= 0.6 is 0 Å². The highest BCUT2D eigenvalue weighted by molar-refractivity contribution is 6.37. The molecule has 6 fully saturated rings. The molecule has 0 bridgehead atoms. The topological polar surface area (TPSA) is 297 Å². The zero-order chi connectivity index (χ0) is 60.5. The van der Waals surface area contributed by atoms with Crippen molar-refractivity contribution >= 4 is 64.8 Å². The number of ketones is 6. The van der Waals surface area contributed by atoms with E-state index in [0.29, 0.717) is 31.8 Å². The van der Waals surface area contributed by atoms with Gasteiger partial charge in [0.15, 0.2) is 17.6 Å². The number of primary amides is 2. The predicted octanol–water partition coefficient (Wildman–Crippen LogP) is 6.49. The van der Waals surface area contributed by atoms with Crippen LogP contribution in [0.1, 0.15) is 224 Å². The molecule has 6 aliphatic rings. The Hall–Kier alpha value is -4.67. The Morgan fingerprint density at radius 3 is 1.32 bits per heavy atom. The number of nitrogens with zero attached hydrogens (tertiary/aromatic N) is 2. The number of rotatable bonds is 9. The van der Waals surface area contributed by atoms with Crippen LogP contribution in [0.3, 0.4) is 0 Å². The normalized spacial score (nSPS) is 31.5. The first-order valence-corrected chi connectivity index (χ1v) is 30.4. The zero-order valence-electron chi connectivity index (χ0n) is 51.1. The van der Waals surface area contributed by atoms with Crippen molar-refractivity contribution in [2.75, 3.05) is 13.1 Å². The van der Waals surface area contributed by atoms with E-state index in [-0.39, 0.29) is 100 Å². The van der Waals surface area contributed by atoms with Crippen molar-refractivity contribution in [3.05, 3.63) is 0 Å². The number of carbonyl (C=O) groups excluding carboxylic acids is 11. The van der Waals surface area contributed by atoms with Crippen LogP contribution in [-0.4, -0.2) is 106 Å². The summed E-state index contributed by atoms with van der Waals surface area (Å²) >= 11 is 0. The Balaban J connectivity index is 0.000000340. The molecule has 2 unspecified atom stereocenters. The van der Waals surface area contributed by atoms with Gasteiger partial charge in [-0.15, -0.1) is 0 Å². The third kappa shape index (κ3) is 16.8. The highest BCUT2D eigenvalue weighted by Gasteiger charge is 2.71. The Kier molecular flexibility index (Phi) is 23.8. The second kappa shape index (κ2) is 28.1. The van der Waals surface area contributed by atoms with Crippen molar-refractivity contribution in [2.45, 2.75) is 242 Å². The van der Waals surface area contributed by atoms with Crippen LogP contribution < -0.4 is 22.3 Å². The molecule has 4 heterocycles. The Morgan fingerprint density at radius 2 is 0.963 bits per heavy atom. The van der Waals surface area contributed by atoms with Crippen molar-refractivity contribution in [1.29, 1.82) is 0 Å². The molecule has 0 aromatic rings. The van der Waals surface area contributed by atoms with Gasteiger partial charge in [-0.3, -0.25) is 47.9 Å². The summed E-state index contributed by atoms with van der Waals surface area (Å²) in [5, 5.41) is 8.25. The number of carboxylic acid groups (broad SMARTS) is 1. The van der Waals surface area contributed by atoms with E-state index in [2.05, 4.69) is 61.1 Å². The van der Waals surface area contributed by atoms with Crippen LogP contribution in [0.5, 0.6) is 0 Å². The molecule has 0 aromatic carbocycles. The number of hydrogen-bond acceptors (Lipinski definition) is 12. The molecule has 0 aromatic heterocycles. The maximum Gasteiger partial charge on any atom is 0.285 e. The molecule has 17 heteroatoms. The van der Waals surface area contributed by atoms with Gasteiger partial charge in [0.25, 0.3) is 17.7 Å². The fraction of sp³-hybridized carbons (Fsp3) is 0.825. The smallest absolute Gasteiger partial charge is 0.285 e. The SMILES string of the molecule is CC(=O)[C@@H](CC(=O)C[C@@H]1C(=O)N2CC3[C@@H]([C@H]2C(=O)C[C@H](C(=O)C(N)=O)CCCCCCCCCC1(C)C)C3(C)C)C(C)(C)C.CC1(C)CCCCCCCCC[C@@H](C(=O)C(N)=O)CC(=O)[C@@H]2[C@@H]3C(CN2C(=O)[C@H]1[NH3+])C3(C)C.O=C[O-]. The number of carbonyl (C=O) groups is 11. The number of fused-ring (bicyclic) bond motifs is 6. The summed E-state index contributed by atoms with van der Waals surface area (Å²) in [6.07, 6.45) is 16.8. The minimum Gasteiger partial charge on any atom is -0.554 e. The first-order valence-electron chi connectivity index (χ1n) is 30.4. The van der Waals surface area contributed by atoms with Gasteiger partial charge in [-0.1, -0.05) is 166 Å². The zero-order valence-corrected chi connectivity index (χ0v) is 51.1. The maximum atomic E-state index is 14.6. The van der Waals surface area contributed by atoms with Gasteiger partial charge >= 0.3 is 0 Å². The summed E-state index contributed by atoms with van der Waals surface area (Å²) < 4.78 is 0. The molecule has 4 saturated heterocycles. The fourth-order valence-corrected chi connectivity index (χ4v) is 14.6. The van der Waals surface area contributed by atoms with E-state index in [4.69, 9.17) is 21.4 Å². The van der Waals surface area contributed by atoms with Crippen molar-refractivity contribution in [3.63, 3.8) is 0 Å². The van der Waals surface area contributed by atoms with Crippen LogP contribution in [0.25, 0.3) is 0 Å². The molecule has 7 N–H and O–H groups in total. The first-order chi connectivity index (χ1) is 37.1. The quantitative estimate of drug-likeness (QED) is 0.165. The van der Waals surface area contributed by atoms with Crippen molar-refractivity contribution in [2.24, 2.45) is 85.9 Å². The lowest BCUT2D eigenvalue weighted by molar-refractivity contribution is -0.430.